The molecule has 0 saturated carbocycles. The smallest absolute Gasteiger partial charge is 0.152 e. The van der Waals surface area contributed by atoms with Crippen molar-refractivity contribution in [3.05, 3.63) is 0 Å². The molecule has 72 valence electrons. The maximum absolute atomic E-state index is 11.6. The zero-order valence-electron chi connectivity index (χ0n) is 9.12. The monoisotopic (exact) mass is 171 g/mol. The molecule has 1 N–H and O–H groups in total. The molecular formula is C10H21NO. The van der Waals surface area contributed by atoms with E-state index in [0.717, 1.165) is 0 Å². The largest absolute Gasteiger partial charge is 0.308 e. The van der Waals surface area contributed by atoms with Crippen LogP contribution in [0.25, 0.3) is 0 Å². The minimum Gasteiger partial charge on any atom is -0.308 e. The van der Waals surface area contributed by atoms with Crippen molar-refractivity contribution in [1.82, 2.24) is 5.32 Å². The van der Waals surface area contributed by atoms with Crippen LogP contribution in [-0.2, 0) is 4.79 Å². The second-order valence-corrected chi connectivity index (χ2v) is 5.04. The lowest BCUT2D eigenvalue weighted by atomic mass is 9.84. The van der Waals surface area contributed by atoms with Crippen LogP contribution in [-0.4, -0.2) is 18.4 Å². The third kappa shape index (κ3) is 3.86. The van der Waals surface area contributed by atoms with Gasteiger partial charge in [-0.05, 0) is 26.3 Å². The quantitative estimate of drug-likeness (QED) is 0.703. The Bertz CT molecular complexity index is 165. The van der Waals surface area contributed by atoms with Gasteiger partial charge < -0.3 is 5.32 Å². The molecule has 2 nitrogen and oxygen atoms in total. The summed E-state index contributed by atoms with van der Waals surface area (Å²) in [7, 11) is 1.82. The molecule has 0 aromatic heterocycles. The summed E-state index contributed by atoms with van der Waals surface area (Å²) >= 11 is 0. The number of likely N-dealkylation sites (N-methyl/N-ethyl adjacent to an activating group) is 1. The van der Waals surface area contributed by atoms with Crippen LogP contribution in [0.3, 0.4) is 0 Å². The average Bonchev–Trinajstić information content (AvgIpc) is 1.84. The van der Waals surface area contributed by atoms with E-state index in [1.165, 1.54) is 0 Å². The Labute approximate surface area is 75.7 Å². The standard InChI is InChI=1S/C10H21NO/c1-9(2,3)7-8(12)10(4,5)11-6/h11H,7H2,1-6H3. The van der Waals surface area contributed by atoms with Gasteiger partial charge in [-0.15, -0.1) is 0 Å². The summed E-state index contributed by atoms with van der Waals surface area (Å²) in [5.41, 5.74) is -0.293. The van der Waals surface area contributed by atoms with Gasteiger partial charge in [0.25, 0.3) is 0 Å². The van der Waals surface area contributed by atoms with E-state index in [1.54, 1.807) is 0 Å². The second kappa shape index (κ2) is 3.56. The first-order valence-corrected chi connectivity index (χ1v) is 4.41. The topological polar surface area (TPSA) is 29.1 Å². The molecule has 0 aliphatic carbocycles. The van der Waals surface area contributed by atoms with Crippen molar-refractivity contribution in [3.63, 3.8) is 0 Å². The van der Waals surface area contributed by atoms with Crippen LogP contribution in [0.2, 0.25) is 0 Å². The third-order valence-electron chi connectivity index (χ3n) is 2.01. The fourth-order valence-corrected chi connectivity index (χ4v) is 0.842. The maximum Gasteiger partial charge on any atom is 0.152 e. The molecule has 0 heterocycles. The molecule has 0 aromatic carbocycles. The molecule has 0 atom stereocenters. The summed E-state index contributed by atoms with van der Waals surface area (Å²) in [4.78, 5) is 11.6. The van der Waals surface area contributed by atoms with Crippen LogP contribution in [0.15, 0.2) is 0 Å². The number of hydrogen-bond donors (Lipinski definition) is 1. The van der Waals surface area contributed by atoms with Crippen LogP contribution in [0.1, 0.15) is 41.0 Å². The molecular weight excluding hydrogens is 150 g/mol. The lowest BCUT2D eigenvalue weighted by Crippen LogP contribution is -2.45. The van der Waals surface area contributed by atoms with E-state index in [4.69, 9.17) is 0 Å². The molecule has 0 aliphatic rings. The lowest BCUT2D eigenvalue weighted by Gasteiger charge is -2.26. The Balaban J connectivity index is 4.23. The average molecular weight is 171 g/mol. The number of nitrogens with one attached hydrogen (secondary N) is 1. The summed E-state index contributed by atoms with van der Waals surface area (Å²) in [6.07, 6.45) is 0.626. The van der Waals surface area contributed by atoms with Crippen molar-refractivity contribution in [2.45, 2.75) is 46.6 Å². The van der Waals surface area contributed by atoms with Gasteiger partial charge in [-0.25, -0.2) is 0 Å². The van der Waals surface area contributed by atoms with Crippen molar-refractivity contribution in [1.29, 1.82) is 0 Å². The zero-order chi connectivity index (χ0) is 9.99. The van der Waals surface area contributed by atoms with Crippen molar-refractivity contribution in [2.75, 3.05) is 7.05 Å². The summed E-state index contributed by atoms with van der Waals surface area (Å²) in [6.45, 7) is 10.1. The molecule has 0 unspecified atom stereocenters. The first-order valence-electron chi connectivity index (χ1n) is 4.41. The number of Topliss-reactive ketones (excluding diaryl/α,β-unsaturated/α-hetero) is 1. The molecule has 0 spiro atoms. The van der Waals surface area contributed by atoms with Crippen molar-refractivity contribution in [2.24, 2.45) is 5.41 Å². The molecule has 0 aliphatic heterocycles. The molecule has 0 fully saturated rings. The molecule has 0 amide bonds. The first-order chi connectivity index (χ1) is 5.19. The van der Waals surface area contributed by atoms with E-state index in [1.807, 2.05) is 20.9 Å². The number of hydrogen-bond acceptors (Lipinski definition) is 2. The highest BCUT2D eigenvalue weighted by molar-refractivity contribution is 5.87. The van der Waals surface area contributed by atoms with Gasteiger partial charge in [0, 0.05) is 6.42 Å². The fourth-order valence-electron chi connectivity index (χ4n) is 0.842. The lowest BCUT2D eigenvalue weighted by molar-refractivity contribution is -0.125. The Kier molecular flexibility index (Phi) is 3.45. The van der Waals surface area contributed by atoms with Gasteiger partial charge >= 0.3 is 0 Å². The van der Waals surface area contributed by atoms with Crippen molar-refractivity contribution < 1.29 is 4.79 Å². The summed E-state index contributed by atoms with van der Waals surface area (Å²) < 4.78 is 0. The van der Waals surface area contributed by atoms with E-state index in [9.17, 15) is 4.79 Å². The molecule has 0 rings (SSSR count). The number of carbonyl (C=O) groups is 1. The third-order valence-corrected chi connectivity index (χ3v) is 2.01. The van der Waals surface area contributed by atoms with Crippen LogP contribution in [0, 0.1) is 5.41 Å². The Hall–Kier alpha value is -0.370. The first kappa shape index (κ1) is 11.6. The summed E-state index contributed by atoms with van der Waals surface area (Å²) in [5, 5.41) is 3.01. The maximum atomic E-state index is 11.6. The molecule has 0 bridgehead atoms. The highest BCUT2D eigenvalue weighted by Gasteiger charge is 2.28. The normalized spacial score (nSPS) is 13.2. The van der Waals surface area contributed by atoms with E-state index < -0.39 is 0 Å². The Morgan fingerprint density at radius 3 is 1.83 bits per heavy atom. The number of rotatable bonds is 3. The molecule has 0 radical (unpaired) electrons. The van der Waals surface area contributed by atoms with E-state index in [-0.39, 0.29) is 16.7 Å². The van der Waals surface area contributed by atoms with Crippen LogP contribution in [0.4, 0.5) is 0 Å². The molecule has 0 aromatic rings. The summed E-state index contributed by atoms with van der Waals surface area (Å²) in [6, 6.07) is 0. The second-order valence-electron chi connectivity index (χ2n) is 5.04. The fraction of sp³-hybridized carbons (Fsp3) is 0.900. The van der Waals surface area contributed by atoms with E-state index in [0.29, 0.717) is 6.42 Å². The summed E-state index contributed by atoms with van der Waals surface area (Å²) in [5.74, 6) is 0.275. The van der Waals surface area contributed by atoms with Crippen LogP contribution >= 0.6 is 0 Å². The van der Waals surface area contributed by atoms with Crippen molar-refractivity contribution >= 4 is 5.78 Å². The molecule has 0 saturated heterocycles. The van der Waals surface area contributed by atoms with Gasteiger partial charge in [0.05, 0.1) is 5.54 Å². The Morgan fingerprint density at radius 1 is 1.17 bits per heavy atom. The van der Waals surface area contributed by atoms with Gasteiger partial charge in [-0.3, -0.25) is 4.79 Å². The van der Waals surface area contributed by atoms with E-state index >= 15 is 0 Å². The van der Waals surface area contributed by atoms with Gasteiger partial charge in [-0.1, -0.05) is 20.8 Å². The van der Waals surface area contributed by atoms with E-state index in [2.05, 4.69) is 26.1 Å². The van der Waals surface area contributed by atoms with Crippen molar-refractivity contribution in [3.8, 4) is 0 Å². The van der Waals surface area contributed by atoms with Gasteiger partial charge in [0.15, 0.2) is 5.78 Å². The minimum absolute atomic E-state index is 0.0885. The van der Waals surface area contributed by atoms with Crippen LogP contribution in [0.5, 0.6) is 0 Å². The highest BCUT2D eigenvalue weighted by Crippen LogP contribution is 2.22. The van der Waals surface area contributed by atoms with Crippen LogP contribution < -0.4 is 5.32 Å². The molecule has 2 heteroatoms. The highest BCUT2D eigenvalue weighted by atomic mass is 16.1. The van der Waals surface area contributed by atoms with Gasteiger partial charge in [-0.2, -0.15) is 0 Å². The molecule has 12 heavy (non-hydrogen) atoms. The predicted octanol–water partition coefficient (Wildman–Crippen LogP) is 1.99. The predicted molar refractivity (Wildman–Crippen MR) is 52.2 cm³/mol. The SMILES string of the molecule is CNC(C)(C)C(=O)CC(C)(C)C. The van der Waals surface area contributed by atoms with Gasteiger partial charge in [0.1, 0.15) is 0 Å². The minimum atomic E-state index is -0.382. The van der Waals surface area contributed by atoms with Gasteiger partial charge in [0.2, 0.25) is 0 Å². The zero-order valence-corrected chi connectivity index (χ0v) is 9.12. The number of carbonyl (C=O) groups excluding carboxylic acids is 1. The number of ketones is 1. The Morgan fingerprint density at radius 2 is 1.58 bits per heavy atom.